The van der Waals surface area contributed by atoms with E-state index in [1.54, 1.807) is 0 Å². The molecule has 0 aliphatic heterocycles. The summed E-state index contributed by atoms with van der Waals surface area (Å²) in [5.41, 5.74) is 11.4. The lowest BCUT2D eigenvalue weighted by Crippen LogP contribution is -2.00. The maximum atomic E-state index is 2.35. The minimum Gasteiger partial charge on any atom is -0.0613 e. The van der Waals surface area contributed by atoms with E-state index in [4.69, 9.17) is 0 Å². The molecule has 0 aliphatic carbocycles. The van der Waals surface area contributed by atoms with Crippen LogP contribution >= 0.6 is 0 Å². The van der Waals surface area contributed by atoms with Gasteiger partial charge in [0.15, 0.2) is 0 Å². The molecule has 0 N–H and O–H groups in total. The third kappa shape index (κ3) is 2.65. The fourth-order valence-corrected chi connectivity index (χ4v) is 3.40. The highest BCUT2D eigenvalue weighted by Gasteiger charge is 2.14. The van der Waals surface area contributed by atoms with Crippen molar-refractivity contribution >= 4 is 0 Å². The van der Waals surface area contributed by atoms with Crippen LogP contribution in [0.4, 0.5) is 0 Å². The highest BCUT2D eigenvalue weighted by molar-refractivity contribution is 5.77. The third-order valence-electron chi connectivity index (χ3n) is 4.13. The molecule has 0 spiro atoms. The fraction of sp³-hybridized carbons (Fsp3) is 0.400. The zero-order valence-corrected chi connectivity index (χ0v) is 13.7. The average molecular weight is 266 g/mol. The molecule has 0 amide bonds. The van der Waals surface area contributed by atoms with Crippen LogP contribution in [0.2, 0.25) is 0 Å². The van der Waals surface area contributed by atoms with Gasteiger partial charge >= 0.3 is 0 Å². The molecule has 0 heteroatoms. The topological polar surface area (TPSA) is 0 Å². The van der Waals surface area contributed by atoms with E-state index in [0.717, 1.165) is 12.8 Å². The summed E-state index contributed by atoms with van der Waals surface area (Å²) in [5.74, 6) is 0. The minimum atomic E-state index is 1.09. The lowest BCUT2D eigenvalue weighted by molar-refractivity contribution is 1.08. The van der Waals surface area contributed by atoms with Gasteiger partial charge in [0.1, 0.15) is 0 Å². The monoisotopic (exact) mass is 266 g/mol. The highest BCUT2D eigenvalue weighted by atomic mass is 14.2. The summed E-state index contributed by atoms with van der Waals surface area (Å²) < 4.78 is 0. The first-order valence-corrected chi connectivity index (χ1v) is 7.68. The molecule has 106 valence electrons. The van der Waals surface area contributed by atoms with E-state index >= 15 is 0 Å². The predicted octanol–water partition coefficient (Wildman–Crippen LogP) is 5.71. The summed E-state index contributed by atoms with van der Waals surface area (Å²) in [6, 6.07) is 9.32. The average Bonchev–Trinajstić information content (AvgIpc) is 2.38. The molecule has 2 aromatic rings. The van der Waals surface area contributed by atoms with Crippen LogP contribution in [0.25, 0.3) is 11.1 Å². The molecule has 2 rings (SSSR count). The largest absolute Gasteiger partial charge is 0.0613 e. The first-order valence-electron chi connectivity index (χ1n) is 7.68. The Morgan fingerprint density at radius 3 is 1.40 bits per heavy atom. The van der Waals surface area contributed by atoms with Gasteiger partial charge in [-0.15, -0.1) is 0 Å². The van der Waals surface area contributed by atoms with Crippen LogP contribution < -0.4 is 0 Å². The Hall–Kier alpha value is -1.56. The van der Waals surface area contributed by atoms with E-state index < -0.39 is 0 Å². The van der Waals surface area contributed by atoms with Crippen molar-refractivity contribution in [3.8, 4) is 11.1 Å². The Labute approximate surface area is 123 Å². The number of benzene rings is 2. The number of aryl methyl sites for hydroxylation is 6. The molecule has 0 radical (unpaired) electrons. The van der Waals surface area contributed by atoms with Gasteiger partial charge in [-0.2, -0.15) is 0 Å². The van der Waals surface area contributed by atoms with E-state index in [9.17, 15) is 0 Å². The molecule has 0 aromatic heterocycles. The maximum Gasteiger partial charge on any atom is -0.0114 e. The molecule has 0 nitrogen and oxygen atoms in total. The summed E-state index contributed by atoms with van der Waals surface area (Å²) in [6.07, 6.45) is 2.19. The SMILES string of the molecule is CCc1cc(C)cc(CC)c1-c1c(C)cc(C)cc1C. The van der Waals surface area contributed by atoms with Gasteiger partial charge in [-0.1, -0.05) is 49.2 Å². The molecule has 0 aliphatic rings. The van der Waals surface area contributed by atoms with Gasteiger partial charge < -0.3 is 0 Å². The second-order valence-corrected chi connectivity index (χ2v) is 5.94. The van der Waals surface area contributed by atoms with E-state index in [0.29, 0.717) is 0 Å². The standard InChI is InChI=1S/C20H26/c1-7-17-11-14(4)12-18(8-2)20(17)19-15(5)9-13(3)10-16(19)6/h9-12H,7-8H2,1-6H3. The summed E-state index contributed by atoms with van der Waals surface area (Å²) in [7, 11) is 0. The van der Waals surface area contributed by atoms with Gasteiger partial charge in [-0.25, -0.2) is 0 Å². The maximum absolute atomic E-state index is 2.35. The fourth-order valence-electron chi connectivity index (χ4n) is 3.40. The van der Waals surface area contributed by atoms with Crippen molar-refractivity contribution in [2.75, 3.05) is 0 Å². The second-order valence-electron chi connectivity index (χ2n) is 5.94. The van der Waals surface area contributed by atoms with Gasteiger partial charge in [0, 0.05) is 0 Å². The van der Waals surface area contributed by atoms with Crippen LogP contribution in [0.5, 0.6) is 0 Å². The van der Waals surface area contributed by atoms with Crippen molar-refractivity contribution in [1.29, 1.82) is 0 Å². The van der Waals surface area contributed by atoms with E-state index in [1.807, 2.05) is 0 Å². The molecule has 0 saturated heterocycles. The molecule has 0 heterocycles. The molecule has 0 unspecified atom stereocenters. The summed E-state index contributed by atoms with van der Waals surface area (Å²) in [6.45, 7) is 13.4. The van der Waals surface area contributed by atoms with Gasteiger partial charge in [0.25, 0.3) is 0 Å². The van der Waals surface area contributed by atoms with Gasteiger partial charge in [-0.3, -0.25) is 0 Å². The molecular formula is C20H26. The van der Waals surface area contributed by atoms with Crippen LogP contribution in [0.1, 0.15) is 47.2 Å². The Bertz CT molecular complexity index is 584. The lowest BCUT2D eigenvalue weighted by atomic mass is 9.85. The molecule has 0 atom stereocenters. The number of rotatable bonds is 3. The zero-order valence-electron chi connectivity index (χ0n) is 13.7. The van der Waals surface area contributed by atoms with Crippen LogP contribution in [0.3, 0.4) is 0 Å². The Morgan fingerprint density at radius 2 is 1.00 bits per heavy atom. The summed E-state index contributed by atoms with van der Waals surface area (Å²) >= 11 is 0. The molecular weight excluding hydrogens is 240 g/mol. The predicted molar refractivity (Wildman–Crippen MR) is 89.6 cm³/mol. The van der Waals surface area contributed by atoms with Crippen molar-refractivity contribution in [3.63, 3.8) is 0 Å². The van der Waals surface area contributed by atoms with Gasteiger partial charge in [0.2, 0.25) is 0 Å². The van der Waals surface area contributed by atoms with Crippen LogP contribution in [-0.2, 0) is 12.8 Å². The van der Waals surface area contributed by atoms with Gasteiger partial charge in [0.05, 0.1) is 0 Å². The summed E-state index contributed by atoms with van der Waals surface area (Å²) in [5, 5.41) is 0. The minimum absolute atomic E-state index is 1.09. The lowest BCUT2D eigenvalue weighted by Gasteiger charge is -2.19. The molecule has 2 aromatic carbocycles. The van der Waals surface area contributed by atoms with Crippen LogP contribution in [-0.4, -0.2) is 0 Å². The molecule has 0 bridgehead atoms. The smallest absolute Gasteiger partial charge is 0.0114 e. The Balaban J connectivity index is 2.81. The zero-order chi connectivity index (χ0) is 14.9. The second kappa shape index (κ2) is 5.83. The molecule has 0 saturated carbocycles. The van der Waals surface area contributed by atoms with Crippen molar-refractivity contribution in [1.82, 2.24) is 0 Å². The van der Waals surface area contributed by atoms with Crippen molar-refractivity contribution in [2.45, 2.75) is 54.4 Å². The quantitative estimate of drug-likeness (QED) is 0.667. The number of hydrogen-bond acceptors (Lipinski definition) is 0. The van der Waals surface area contributed by atoms with E-state index in [1.165, 1.54) is 44.5 Å². The third-order valence-corrected chi connectivity index (χ3v) is 4.13. The highest BCUT2D eigenvalue weighted by Crippen LogP contribution is 2.35. The first kappa shape index (κ1) is 14.8. The Kier molecular flexibility index (Phi) is 4.32. The van der Waals surface area contributed by atoms with Crippen LogP contribution in [0, 0.1) is 27.7 Å². The van der Waals surface area contributed by atoms with Crippen molar-refractivity contribution < 1.29 is 0 Å². The number of hydrogen-bond donors (Lipinski definition) is 0. The molecule has 20 heavy (non-hydrogen) atoms. The van der Waals surface area contributed by atoms with Crippen LogP contribution in [0.15, 0.2) is 24.3 Å². The van der Waals surface area contributed by atoms with E-state index in [-0.39, 0.29) is 0 Å². The molecule has 0 fully saturated rings. The Morgan fingerprint density at radius 1 is 0.600 bits per heavy atom. The van der Waals surface area contributed by atoms with E-state index in [2.05, 4.69) is 65.8 Å². The van der Waals surface area contributed by atoms with Crippen molar-refractivity contribution in [3.05, 3.63) is 57.6 Å². The normalized spacial score (nSPS) is 10.9. The van der Waals surface area contributed by atoms with Gasteiger partial charge in [-0.05, 0) is 73.9 Å². The first-order chi connectivity index (χ1) is 9.47. The summed E-state index contributed by atoms with van der Waals surface area (Å²) in [4.78, 5) is 0. The van der Waals surface area contributed by atoms with Crippen molar-refractivity contribution in [2.24, 2.45) is 0 Å².